The average molecular weight is 459 g/mol. The van der Waals surface area contributed by atoms with Gasteiger partial charge in [0.1, 0.15) is 11.5 Å². The number of nitrogens with zero attached hydrogens (tertiary/aromatic N) is 6. The van der Waals surface area contributed by atoms with E-state index in [1.807, 2.05) is 25.1 Å². The normalized spacial score (nSPS) is 14.4. The Hall–Kier alpha value is -3.48. The van der Waals surface area contributed by atoms with Crippen LogP contribution in [0.1, 0.15) is 51.6 Å². The summed E-state index contributed by atoms with van der Waals surface area (Å²) in [4.78, 5) is 13.9. The monoisotopic (exact) mass is 458 g/mol. The predicted molar refractivity (Wildman–Crippen MR) is 140 cm³/mol. The van der Waals surface area contributed by atoms with Crippen molar-refractivity contribution in [3.8, 4) is 17.1 Å². The number of hydrogen-bond donors (Lipinski definition) is 0. The lowest BCUT2D eigenvalue weighted by atomic mass is 9.87. The first kappa shape index (κ1) is 23.7. The molecule has 34 heavy (non-hydrogen) atoms. The van der Waals surface area contributed by atoms with E-state index in [2.05, 4.69) is 64.6 Å². The molecule has 0 aliphatic carbocycles. The fourth-order valence-corrected chi connectivity index (χ4v) is 4.16. The summed E-state index contributed by atoms with van der Waals surface area (Å²) in [5, 5.41) is 9.51. The molecule has 0 unspecified atom stereocenters. The number of benzene rings is 2. The Kier molecular flexibility index (Phi) is 6.30. The number of aliphatic imine (C=N–C) groups is 1. The smallest absolute Gasteiger partial charge is 0.204 e. The van der Waals surface area contributed by atoms with Gasteiger partial charge in [0.15, 0.2) is 5.82 Å². The summed E-state index contributed by atoms with van der Waals surface area (Å²) in [6, 6.07) is 12.4. The number of fused-ring (bicyclic) bond motifs is 1. The molecule has 0 bridgehead atoms. The second-order valence-corrected chi connectivity index (χ2v) is 9.65. The van der Waals surface area contributed by atoms with Gasteiger partial charge in [0.25, 0.3) is 0 Å². The fraction of sp³-hybridized carbons (Fsp3) is 0.407. The molecule has 178 valence electrons. The highest BCUT2D eigenvalue weighted by Crippen LogP contribution is 2.33. The second kappa shape index (κ2) is 9.05. The van der Waals surface area contributed by atoms with E-state index >= 15 is 0 Å². The summed E-state index contributed by atoms with van der Waals surface area (Å²) in [7, 11) is 1.66. The van der Waals surface area contributed by atoms with Crippen LogP contribution < -0.4 is 9.64 Å². The quantitative estimate of drug-likeness (QED) is 0.468. The molecule has 0 saturated carbocycles. The lowest BCUT2D eigenvalue weighted by Crippen LogP contribution is -2.27. The molecule has 0 amide bonds. The minimum absolute atomic E-state index is 0.211. The fourth-order valence-electron chi connectivity index (χ4n) is 4.16. The van der Waals surface area contributed by atoms with Crippen molar-refractivity contribution in [3.63, 3.8) is 0 Å². The number of aryl methyl sites for hydroxylation is 2. The highest BCUT2D eigenvalue weighted by molar-refractivity contribution is 6.50. The van der Waals surface area contributed by atoms with Crippen molar-refractivity contribution in [2.75, 3.05) is 25.1 Å². The van der Waals surface area contributed by atoms with Crippen LogP contribution in [0.3, 0.4) is 0 Å². The highest BCUT2D eigenvalue weighted by atomic mass is 16.5. The maximum Gasteiger partial charge on any atom is 0.204 e. The molecule has 2 aromatic carbocycles. The third-order valence-corrected chi connectivity index (χ3v) is 6.07. The number of aromatic nitrogens is 3. The molecular weight excluding hydrogens is 424 g/mol. The molecular formula is C27H34N6O. The lowest BCUT2D eigenvalue weighted by Gasteiger charge is -2.22. The van der Waals surface area contributed by atoms with Crippen LogP contribution in [0.4, 0.5) is 11.4 Å². The Bertz CT molecular complexity index is 1270. The first-order valence-corrected chi connectivity index (χ1v) is 11.8. The van der Waals surface area contributed by atoms with Crippen LogP contribution in [0.5, 0.6) is 5.75 Å². The molecule has 0 saturated heterocycles. The molecule has 0 spiro atoms. The van der Waals surface area contributed by atoms with Gasteiger partial charge in [-0.25, -0.2) is 9.98 Å². The molecule has 0 fully saturated rings. The topological polar surface area (TPSA) is 67.9 Å². The van der Waals surface area contributed by atoms with E-state index in [0.717, 1.165) is 52.6 Å². The zero-order valence-electron chi connectivity index (χ0n) is 21.5. The first-order chi connectivity index (χ1) is 16.2. The Morgan fingerprint density at radius 2 is 1.76 bits per heavy atom. The number of hydrogen-bond acceptors (Lipinski definition) is 6. The third-order valence-electron chi connectivity index (χ3n) is 6.07. The highest BCUT2D eigenvalue weighted by Gasteiger charge is 2.35. The van der Waals surface area contributed by atoms with Crippen LogP contribution in [-0.4, -0.2) is 46.5 Å². The van der Waals surface area contributed by atoms with E-state index in [1.165, 1.54) is 5.69 Å². The van der Waals surface area contributed by atoms with Gasteiger partial charge >= 0.3 is 0 Å². The van der Waals surface area contributed by atoms with Crippen molar-refractivity contribution in [1.29, 1.82) is 0 Å². The van der Waals surface area contributed by atoms with Crippen molar-refractivity contribution in [3.05, 3.63) is 53.3 Å². The second-order valence-electron chi connectivity index (χ2n) is 9.65. The first-order valence-electron chi connectivity index (χ1n) is 11.8. The zero-order valence-corrected chi connectivity index (χ0v) is 21.5. The largest absolute Gasteiger partial charge is 0.496 e. The summed E-state index contributed by atoms with van der Waals surface area (Å²) in [5.41, 5.74) is 6.61. The van der Waals surface area contributed by atoms with Crippen molar-refractivity contribution in [2.24, 2.45) is 15.5 Å². The number of methoxy groups -OCH3 is 1. The summed E-state index contributed by atoms with van der Waals surface area (Å²) in [5.74, 6) is 1.96. The van der Waals surface area contributed by atoms with Gasteiger partial charge < -0.3 is 9.64 Å². The van der Waals surface area contributed by atoms with E-state index in [-0.39, 0.29) is 5.41 Å². The van der Waals surface area contributed by atoms with Crippen LogP contribution >= 0.6 is 0 Å². The average Bonchev–Trinajstić information content (AvgIpc) is 3.35. The Morgan fingerprint density at radius 1 is 1.03 bits per heavy atom. The van der Waals surface area contributed by atoms with E-state index < -0.39 is 0 Å². The van der Waals surface area contributed by atoms with E-state index in [4.69, 9.17) is 24.9 Å². The van der Waals surface area contributed by atoms with Gasteiger partial charge in [-0.2, -0.15) is 5.10 Å². The molecule has 0 radical (unpaired) electrons. The SMILES string of the molecule is CCN(CC)c1ccc(/N=C2/C(C(C)(C)C)=Nn3nc(-c4cc(C)ccc4OC)nc32)c(C)c1. The summed E-state index contributed by atoms with van der Waals surface area (Å²) in [6.45, 7) is 16.8. The number of ether oxygens (including phenoxy) is 1. The van der Waals surface area contributed by atoms with Gasteiger partial charge in [0.2, 0.25) is 5.82 Å². The maximum absolute atomic E-state index is 5.56. The molecule has 7 heteroatoms. The molecule has 7 nitrogen and oxygen atoms in total. The Labute approximate surface area is 202 Å². The van der Waals surface area contributed by atoms with Gasteiger partial charge in [-0.15, -0.1) is 9.89 Å². The number of anilines is 1. The molecule has 0 N–H and O–H groups in total. The maximum atomic E-state index is 5.56. The molecule has 0 atom stereocenters. The van der Waals surface area contributed by atoms with Crippen LogP contribution in [0.15, 0.2) is 46.5 Å². The summed E-state index contributed by atoms with van der Waals surface area (Å²) >= 11 is 0. The number of rotatable bonds is 6. The van der Waals surface area contributed by atoms with Gasteiger partial charge in [-0.1, -0.05) is 32.4 Å². The van der Waals surface area contributed by atoms with Crippen LogP contribution in [0, 0.1) is 19.3 Å². The van der Waals surface area contributed by atoms with Crippen LogP contribution in [0.2, 0.25) is 0 Å². The minimum atomic E-state index is -0.211. The standard InChI is InChI=1S/C27H34N6O/c1-9-32(10-2)19-12-13-21(18(4)16-19)28-23-24(27(5,6)7)30-33-26(23)29-25(31-33)20-15-17(3)11-14-22(20)34-8/h11-16H,9-10H2,1-8H3/b28-23-. The van der Waals surface area contributed by atoms with Gasteiger partial charge in [0.05, 0.1) is 24.1 Å². The molecule has 2 heterocycles. The molecule has 3 aromatic rings. The van der Waals surface area contributed by atoms with E-state index in [9.17, 15) is 0 Å². The van der Waals surface area contributed by atoms with Crippen molar-refractivity contribution in [2.45, 2.75) is 48.5 Å². The van der Waals surface area contributed by atoms with Crippen molar-refractivity contribution in [1.82, 2.24) is 14.9 Å². The van der Waals surface area contributed by atoms with Gasteiger partial charge in [0, 0.05) is 24.2 Å². The van der Waals surface area contributed by atoms with Crippen LogP contribution in [-0.2, 0) is 0 Å². The molecule has 4 rings (SSSR count). The van der Waals surface area contributed by atoms with E-state index in [1.54, 1.807) is 11.9 Å². The Balaban J connectivity index is 1.82. The van der Waals surface area contributed by atoms with Gasteiger partial charge in [-0.05, 0) is 63.6 Å². The van der Waals surface area contributed by atoms with E-state index in [0.29, 0.717) is 11.6 Å². The predicted octanol–water partition coefficient (Wildman–Crippen LogP) is 5.80. The zero-order chi connectivity index (χ0) is 24.6. The molecule has 1 aliphatic rings. The van der Waals surface area contributed by atoms with Gasteiger partial charge in [-0.3, -0.25) is 0 Å². The summed E-state index contributed by atoms with van der Waals surface area (Å²) in [6.07, 6.45) is 0. The van der Waals surface area contributed by atoms with Crippen LogP contribution in [0.25, 0.3) is 11.4 Å². The van der Waals surface area contributed by atoms with Crippen molar-refractivity contribution >= 4 is 22.8 Å². The lowest BCUT2D eigenvalue weighted by molar-refractivity contribution is 0.416. The molecule has 1 aliphatic heterocycles. The Morgan fingerprint density at radius 3 is 2.38 bits per heavy atom. The molecule has 1 aromatic heterocycles. The summed E-state index contributed by atoms with van der Waals surface area (Å²) < 4.78 is 5.56. The third kappa shape index (κ3) is 4.34. The van der Waals surface area contributed by atoms with Crippen molar-refractivity contribution < 1.29 is 4.74 Å². The minimum Gasteiger partial charge on any atom is -0.496 e.